The molecule has 0 atom stereocenters. The lowest BCUT2D eigenvalue weighted by molar-refractivity contribution is -0.119. The van der Waals surface area contributed by atoms with Crippen molar-refractivity contribution in [2.45, 2.75) is 6.54 Å². The summed E-state index contributed by atoms with van der Waals surface area (Å²) in [6.07, 6.45) is 1.73. The van der Waals surface area contributed by atoms with E-state index in [0.717, 1.165) is 5.69 Å². The number of aromatic nitrogens is 1. The first-order valence-electron chi connectivity index (χ1n) is 5.31. The maximum atomic E-state index is 11.0. The van der Waals surface area contributed by atoms with Crippen molar-refractivity contribution in [1.29, 1.82) is 0 Å². The molecule has 0 bridgehead atoms. The first-order chi connectivity index (χ1) is 8.26. The van der Waals surface area contributed by atoms with E-state index >= 15 is 0 Å². The van der Waals surface area contributed by atoms with Crippen LogP contribution in [0.25, 0.3) is 0 Å². The van der Waals surface area contributed by atoms with E-state index in [-0.39, 0.29) is 36.4 Å². The summed E-state index contributed by atoms with van der Waals surface area (Å²) in [4.78, 5) is 19.2. The summed E-state index contributed by atoms with van der Waals surface area (Å²) in [6, 6.07) is 5.70. The molecule has 1 aromatic rings. The molecule has 0 aliphatic rings. The number of amides is 1. The highest BCUT2D eigenvalue weighted by Gasteiger charge is 2.01. The maximum absolute atomic E-state index is 11.0. The number of carbonyl (C=O) groups excluding carboxylic acids is 1. The lowest BCUT2D eigenvalue weighted by atomic mass is 10.3. The lowest BCUT2D eigenvalue weighted by Crippen LogP contribution is -2.42. The van der Waals surface area contributed by atoms with Crippen molar-refractivity contribution in [3.8, 4) is 0 Å². The van der Waals surface area contributed by atoms with Crippen molar-refractivity contribution in [3.63, 3.8) is 0 Å². The van der Waals surface area contributed by atoms with Gasteiger partial charge in [0.25, 0.3) is 0 Å². The van der Waals surface area contributed by atoms with Crippen LogP contribution in [0.1, 0.15) is 5.69 Å². The van der Waals surface area contributed by atoms with E-state index < -0.39 is 0 Å². The van der Waals surface area contributed by atoms with Crippen LogP contribution in [0.4, 0.5) is 0 Å². The number of pyridine rings is 1. The summed E-state index contributed by atoms with van der Waals surface area (Å²) in [5.74, 6) is 0.477. The molecule has 1 aromatic heterocycles. The summed E-state index contributed by atoms with van der Waals surface area (Å²) in [5.41, 5.74) is 0.912. The van der Waals surface area contributed by atoms with Crippen molar-refractivity contribution in [2.24, 2.45) is 4.99 Å². The van der Waals surface area contributed by atoms with Crippen LogP contribution in [0.5, 0.6) is 0 Å². The number of rotatable bonds is 4. The number of likely N-dealkylation sites (N-methyl/N-ethyl adjacent to an activating group) is 1. The van der Waals surface area contributed by atoms with E-state index in [1.54, 1.807) is 20.3 Å². The third kappa shape index (κ3) is 6.38. The Balaban J connectivity index is 0.00000289. The van der Waals surface area contributed by atoms with E-state index in [9.17, 15) is 4.79 Å². The SMILES string of the molecule is CN=C(NCC(=O)NC)NCc1ccccn1.I. The quantitative estimate of drug-likeness (QED) is 0.403. The number of carbonyl (C=O) groups is 1. The smallest absolute Gasteiger partial charge is 0.239 e. The van der Waals surface area contributed by atoms with E-state index in [1.165, 1.54) is 0 Å². The highest BCUT2D eigenvalue weighted by atomic mass is 127. The third-order valence-electron chi connectivity index (χ3n) is 2.08. The topological polar surface area (TPSA) is 78.4 Å². The fourth-order valence-electron chi connectivity index (χ4n) is 1.15. The Kier molecular flexibility index (Phi) is 8.89. The second-order valence-corrected chi connectivity index (χ2v) is 3.27. The normalized spacial score (nSPS) is 10.2. The Labute approximate surface area is 124 Å². The van der Waals surface area contributed by atoms with Crippen LogP contribution in [-0.4, -0.2) is 37.5 Å². The van der Waals surface area contributed by atoms with Gasteiger partial charge < -0.3 is 16.0 Å². The average Bonchev–Trinajstić information content (AvgIpc) is 2.39. The zero-order chi connectivity index (χ0) is 12.5. The van der Waals surface area contributed by atoms with E-state index in [1.807, 2.05) is 18.2 Å². The molecule has 3 N–H and O–H groups in total. The molecular weight excluding hydrogens is 345 g/mol. The molecule has 0 saturated heterocycles. The monoisotopic (exact) mass is 363 g/mol. The molecule has 0 aliphatic carbocycles. The van der Waals surface area contributed by atoms with Gasteiger partial charge in [0.15, 0.2) is 5.96 Å². The molecule has 0 spiro atoms. The predicted octanol–water partition coefficient (Wildman–Crippen LogP) is 0.111. The van der Waals surface area contributed by atoms with Crippen LogP contribution in [0, 0.1) is 0 Å². The zero-order valence-electron chi connectivity index (χ0n) is 10.4. The minimum absolute atomic E-state index is 0. The highest BCUT2D eigenvalue weighted by Crippen LogP contribution is 1.91. The van der Waals surface area contributed by atoms with Crippen molar-refractivity contribution in [2.75, 3.05) is 20.6 Å². The molecular formula is C11H18IN5O. The molecule has 1 amide bonds. The molecule has 0 radical (unpaired) electrons. The summed E-state index contributed by atoms with van der Waals surface area (Å²) in [7, 11) is 3.24. The molecule has 18 heavy (non-hydrogen) atoms. The van der Waals surface area contributed by atoms with E-state index in [0.29, 0.717) is 12.5 Å². The Morgan fingerprint density at radius 1 is 1.39 bits per heavy atom. The minimum atomic E-state index is -0.0919. The van der Waals surface area contributed by atoms with Crippen molar-refractivity contribution < 1.29 is 4.79 Å². The van der Waals surface area contributed by atoms with Gasteiger partial charge in [-0.3, -0.25) is 14.8 Å². The molecule has 1 rings (SSSR count). The van der Waals surface area contributed by atoms with E-state index in [4.69, 9.17) is 0 Å². The molecule has 7 heteroatoms. The fourth-order valence-corrected chi connectivity index (χ4v) is 1.15. The Bertz CT molecular complexity index is 382. The van der Waals surface area contributed by atoms with Crippen LogP contribution >= 0.6 is 24.0 Å². The Hall–Kier alpha value is -1.38. The Morgan fingerprint density at radius 2 is 2.17 bits per heavy atom. The van der Waals surface area contributed by atoms with Crippen molar-refractivity contribution in [1.82, 2.24) is 20.9 Å². The number of nitrogens with zero attached hydrogens (tertiary/aromatic N) is 2. The summed E-state index contributed by atoms with van der Waals surface area (Å²) >= 11 is 0. The number of nitrogens with one attached hydrogen (secondary N) is 3. The third-order valence-corrected chi connectivity index (χ3v) is 2.08. The molecule has 1 heterocycles. The van der Waals surface area contributed by atoms with Crippen LogP contribution in [0.2, 0.25) is 0 Å². The van der Waals surface area contributed by atoms with Gasteiger partial charge in [-0.15, -0.1) is 24.0 Å². The average molecular weight is 363 g/mol. The van der Waals surface area contributed by atoms with Gasteiger partial charge in [0, 0.05) is 20.3 Å². The van der Waals surface area contributed by atoms with Gasteiger partial charge in [-0.1, -0.05) is 6.07 Å². The second-order valence-electron chi connectivity index (χ2n) is 3.27. The fraction of sp³-hybridized carbons (Fsp3) is 0.364. The molecule has 0 fully saturated rings. The van der Waals surface area contributed by atoms with Crippen LogP contribution in [-0.2, 0) is 11.3 Å². The van der Waals surface area contributed by atoms with Gasteiger partial charge in [0.1, 0.15) is 0 Å². The summed E-state index contributed by atoms with van der Waals surface area (Å²) in [6.45, 7) is 0.757. The molecule has 0 saturated carbocycles. The van der Waals surface area contributed by atoms with Gasteiger partial charge in [0.05, 0.1) is 18.8 Å². The van der Waals surface area contributed by atoms with Crippen molar-refractivity contribution >= 4 is 35.8 Å². The maximum Gasteiger partial charge on any atom is 0.239 e. The van der Waals surface area contributed by atoms with Gasteiger partial charge in [0.2, 0.25) is 5.91 Å². The molecule has 0 unspecified atom stereocenters. The molecule has 100 valence electrons. The summed E-state index contributed by atoms with van der Waals surface area (Å²) < 4.78 is 0. The molecule has 0 aliphatic heterocycles. The van der Waals surface area contributed by atoms with Crippen LogP contribution < -0.4 is 16.0 Å². The standard InChI is InChI=1S/C11H17N5O.HI/c1-12-10(17)8-16-11(13-2)15-7-9-5-3-4-6-14-9;/h3-6H,7-8H2,1-2H3,(H,12,17)(H2,13,15,16);1H. The van der Waals surface area contributed by atoms with Crippen LogP contribution in [0.3, 0.4) is 0 Å². The van der Waals surface area contributed by atoms with Crippen LogP contribution in [0.15, 0.2) is 29.4 Å². The lowest BCUT2D eigenvalue weighted by Gasteiger charge is -2.10. The first-order valence-corrected chi connectivity index (χ1v) is 5.31. The van der Waals surface area contributed by atoms with E-state index in [2.05, 4.69) is 25.9 Å². The molecule has 6 nitrogen and oxygen atoms in total. The van der Waals surface area contributed by atoms with Gasteiger partial charge in [-0.25, -0.2) is 0 Å². The number of guanidine groups is 1. The second kappa shape index (κ2) is 9.63. The first kappa shape index (κ1) is 16.6. The van der Waals surface area contributed by atoms with Crippen molar-refractivity contribution in [3.05, 3.63) is 30.1 Å². The molecule has 0 aromatic carbocycles. The summed E-state index contributed by atoms with van der Waals surface area (Å²) in [5, 5.41) is 8.47. The number of hydrogen-bond donors (Lipinski definition) is 3. The van der Waals surface area contributed by atoms with Gasteiger partial charge in [-0.2, -0.15) is 0 Å². The predicted molar refractivity (Wildman–Crippen MR) is 81.9 cm³/mol. The number of hydrogen-bond acceptors (Lipinski definition) is 3. The highest BCUT2D eigenvalue weighted by molar-refractivity contribution is 14.0. The Morgan fingerprint density at radius 3 is 2.72 bits per heavy atom. The van der Waals surface area contributed by atoms with Gasteiger partial charge in [-0.05, 0) is 12.1 Å². The number of aliphatic imine (C=N–C) groups is 1. The number of halogens is 1. The largest absolute Gasteiger partial charge is 0.358 e. The minimum Gasteiger partial charge on any atom is -0.358 e. The van der Waals surface area contributed by atoms with Gasteiger partial charge >= 0.3 is 0 Å². The zero-order valence-corrected chi connectivity index (χ0v) is 12.8.